The third-order valence-electron chi connectivity index (χ3n) is 14.5. The van der Waals surface area contributed by atoms with Gasteiger partial charge in [0, 0.05) is 115 Å². The van der Waals surface area contributed by atoms with E-state index in [1.165, 1.54) is 37.3 Å². The summed E-state index contributed by atoms with van der Waals surface area (Å²) in [7, 11) is 4.51. The number of primary amides is 1. The minimum absolute atomic E-state index is 0.0552. The number of phenols is 1. The Bertz CT molecular complexity index is 2170. The van der Waals surface area contributed by atoms with Gasteiger partial charge in [-0.2, -0.15) is 0 Å². The highest BCUT2D eigenvalue weighted by Gasteiger charge is 2.44. The summed E-state index contributed by atoms with van der Waals surface area (Å²) in [6, 6.07) is 11.5. The first-order valence-corrected chi connectivity index (χ1v) is 23.0. The number of phenolic OH excluding ortho intramolecular Hbond substituents is 1. The molecule has 0 aliphatic carbocycles. The van der Waals surface area contributed by atoms with Crippen LogP contribution in [0.1, 0.15) is 79.4 Å². The number of rotatable bonds is 19. The van der Waals surface area contributed by atoms with Crippen LogP contribution in [0.25, 0.3) is 0 Å². The van der Waals surface area contributed by atoms with E-state index < -0.39 is 41.0 Å². The quantitative estimate of drug-likeness (QED) is 0.149. The molecule has 0 radical (unpaired) electrons. The number of fused-ring (bicyclic) bond motifs is 1. The predicted octanol–water partition coefficient (Wildman–Crippen LogP) is 5.39. The number of nitrogens with zero attached hydrogens (tertiary/aromatic N) is 6. The van der Waals surface area contributed by atoms with Gasteiger partial charge < -0.3 is 59.3 Å². The van der Waals surface area contributed by atoms with Crippen LogP contribution >= 0.6 is 0 Å². The normalized spacial score (nSPS) is 19.7. The van der Waals surface area contributed by atoms with Crippen molar-refractivity contribution in [1.29, 1.82) is 0 Å². The molecule has 3 atom stereocenters. The number of aromatic hydroxyl groups is 1. The summed E-state index contributed by atoms with van der Waals surface area (Å²) in [6.45, 7) is 11.6. The summed E-state index contributed by atoms with van der Waals surface area (Å²) < 4.78 is 42.5. The van der Waals surface area contributed by atoms with E-state index in [0.717, 1.165) is 102 Å². The summed E-state index contributed by atoms with van der Waals surface area (Å²) in [5.41, 5.74) is 7.31. The van der Waals surface area contributed by atoms with Crippen LogP contribution in [0.2, 0.25) is 0 Å². The van der Waals surface area contributed by atoms with Gasteiger partial charge in [-0.3, -0.25) is 9.59 Å². The molecule has 4 aliphatic heterocycles. The van der Waals surface area contributed by atoms with Crippen molar-refractivity contribution in [2.75, 3.05) is 101 Å². The van der Waals surface area contributed by atoms with E-state index in [9.17, 15) is 28.7 Å². The second kappa shape index (κ2) is 20.9. The number of benzene rings is 3. The maximum absolute atomic E-state index is 16.3. The number of aldehydes is 2. The number of likely N-dealkylation sites (N-methyl/N-ethyl adjacent to an activating group) is 1. The van der Waals surface area contributed by atoms with E-state index in [0.29, 0.717) is 60.3 Å². The van der Waals surface area contributed by atoms with Gasteiger partial charge in [0.15, 0.2) is 17.9 Å². The summed E-state index contributed by atoms with van der Waals surface area (Å²) in [5, 5.41) is 10.7. The van der Waals surface area contributed by atoms with Crippen molar-refractivity contribution in [2.24, 2.45) is 17.6 Å². The van der Waals surface area contributed by atoms with Crippen LogP contribution in [-0.2, 0) is 25.7 Å². The zero-order chi connectivity index (χ0) is 46.4. The average Bonchev–Trinajstić information content (AvgIpc) is 3.65. The maximum Gasteiger partial charge on any atom is 0.255 e. The lowest BCUT2D eigenvalue weighted by Crippen LogP contribution is -2.50. The Morgan fingerprint density at radius 3 is 2.09 bits per heavy atom. The molecule has 3 fully saturated rings. The topological polar surface area (TPSA) is 152 Å². The molecule has 4 aliphatic rings. The van der Waals surface area contributed by atoms with E-state index in [2.05, 4.69) is 25.7 Å². The first-order chi connectivity index (χ1) is 31.3. The SMILES string of the molecule is CCC(C=O)(OC)C(c1cc(F)c(N2CCC(CN3CCN(CC4CCN(c5ccc6c(c5)CN(C(C=O)CCC(N)=O)C6=O)CC4)CC3)CC2)cc1OC)N(C)c1cccc(F)c1O. The smallest absolute Gasteiger partial charge is 0.255 e. The van der Waals surface area contributed by atoms with Crippen LogP contribution in [-0.4, -0.2) is 143 Å². The van der Waals surface area contributed by atoms with Gasteiger partial charge in [-0.15, -0.1) is 0 Å². The second-order valence-electron chi connectivity index (χ2n) is 18.2. The lowest BCUT2D eigenvalue weighted by Gasteiger charge is -2.42. The molecule has 3 unspecified atom stereocenters. The first-order valence-electron chi connectivity index (χ1n) is 23.0. The van der Waals surface area contributed by atoms with Gasteiger partial charge in [0.2, 0.25) is 5.91 Å². The Balaban J connectivity index is 0.883. The van der Waals surface area contributed by atoms with Crippen molar-refractivity contribution in [1.82, 2.24) is 14.7 Å². The number of hydrogen-bond acceptors (Lipinski definition) is 12. The fourth-order valence-corrected chi connectivity index (χ4v) is 10.6. The minimum atomic E-state index is -1.47. The molecule has 2 amide bonds. The molecule has 3 aromatic rings. The molecule has 3 aromatic carbocycles. The molecule has 3 saturated heterocycles. The van der Waals surface area contributed by atoms with Crippen molar-refractivity contribution in [3.63, 3.8) is 0 Å². The molecule has 0 spiro atoms. The zero-order valence-corrected chi connectivity index (χ0v) is 38.2. The largest absolute Gasteiger partial charge is 0.503 e. The zero-order valence-electron chi connectivity index (χ0n) is 38.2. The van der Waals surface area contributed by atoms with E-state index in [-0.39, 0.29) is 30.9 Å². The summed E-state index contributed by atoms with van der Waals surface area (Å²) in [6.07, 6.45) is 5.95. The van der Waals surface area contributed by atoms with Gasteiger partial charge in [-0.25, -0.2) is 8.78 Å². The van der Waals surface area contributed by atoms with Gasteiger partial charge in [-0.1, -0.05) is 13.0 Å². The third-order valence-corrected chi connectivity index (χ3v) is 14.5. The lowest BCUT2D eigenvalue weighted by molar-refractivity contribution is -0.131. The van der Waals surface area contributed by atoms with Gasteiger partial charge in [0.25, 0.3) is 5.91 Å². The number of methoxy groups -OCH3 is 2. The number of hydrogen-bond donors (Lipinski definition) is 2. The fraction of sp³-hybridized carbons (Fsp3) is 0.551. The Morgan fingerprint density at radius 1 is 0.908 bits per heavy atom. The molecular weight excluding hydrogens is 837 g/mol. The van der Waals surface area contributed by atoms with E-state index in [1.54, 1.807) is 24.9 Å². The van der Waals surface area contributed by atoms with Crippen LogP contribution in [0.15, 0.2) is 48.5 Å². The van der Waals surface area contributed by atoms with Crippen LogP contribution in [0.4, 0.5) is 25.8 Å². The Kier molecular flexibility index (Phi) is 15.3. The highest BCUT2D eigenvalue weighted by Crippen LogP contribution is 2.46. The maximum atomic E-state index is 16.3. The number of piperazine rings is 1. The molecule has 4 heterocycles. The van der Waals surface area contributed by atoms with Crippen LogP contribution in [0.3, 0.4) is 0 Å². The fourth-order valence-electron chi connectivity index (χ4n) is 10.6. The molecule has 352 valence electrons. The minimum Gasteiger partial charge on any atom is -0.503 e. The molecule has 65 heavy (non-hydrogen) atoms. The highest BCUT2D eigenvalue weighted by molar-refractivity contribution is 6.00. The molecule has 16 heteroatoms. The van der Waals surface area contributed by atoms with E-state index in [1.807, 2.05) is 12.1 Å². The van der Waals surface area contributed by atoms with Gasteiger partial charge in [-0.05, 0) is 92.3 Å². The molecule has 3 N–H and O–H groups in total. The number of para-hydroxylation sites is 1. The first kappa shape index (κ1) is 47.6. The highest BCUT2D eigenvalue weighted by atomic mass is 19.1. The number of nitrogens with two attached hydrogens (primary N) is 1. The molecule has 0 aromatic heterocycles. The van der Waals surface area contributed by atoms with E-state index in [4.69, 9.17) is 15.2 Å². The van der Waals surface area contributed by atoms with Gasteiger partial charge in [0.05, 0.1) is 30.6 Å². The van der Waals surface area contributed by atoms with E-state index >= 15 is 4.39 Å². The second-order valence-corrected chi connectivity index (χ2v) is 18.2. The van der Waals surface area contributed by atoms with Gasteiger partial charge in [0.1, 0.15) is 23.5 Å². The van der Waals surface area contributed by atoms with Crippen LogP contribution < -0.4 is 25.2 Å². The monoisotopic (exact) mass is 901 g/mol. The average molecular weight is 902 g/mol. The number of piperidine rings is 2. The Hall–Kier alpha value is -5.32. The molecule has 0 saturated carbocycles. The Labute approximate surface area is 381 Å². The van der Waals surface area contributed by atoms with Crippen LogP contribution in [0, 0.1) is 23.5 Å². The number of halogens is 2. The summed E-state index contributed by atoms with van der Waals surface area (Å²) >= 11 is 0. The molecular formula is C49H65F2N7O7. The van der Waals surface area contributed by atoms with Crippen molar-refractivity contribution in [3.05, 3.63) is 76.9 Å². The molecule has 0 bridgehead atoms. The standard InChI is InChI=1S/C49H65F2N7O7/c1-5-49(32-60,65-4)47(53(2)42-8-6-7-40(50)46(42)62)39-26-41(51)43(27-44(39)64-3)57-19-15-34(16-20-57)29-55-23-21-54(22-24-55)28-33-13-17-56(18-14-33)36-9-11-38-35(25-36)30-58(48(38)63)37(31-59)10-12-45(52)61/h6-9,11,25-27,31-34,37,47,62H,5,10,12-24,28-30H2,1-4H3,(H2,52,61). The number of amides is 2. The summed E-state index contributed by atoms with van der Waals surface area (Å²) in [5.74, 6) is -1.07. The number of carbonyl (C=O) groups excluding carboxylic acids is 4. The summed E-state index contributed by atoms with van der Waals surface area (Å²) in [4.78, 5) is 61.6. The number of ether oxygens (including phenoxy) is 2. The lowest BCUT2D eigenvalue weighted by atomic mass is 9.84. The van der Waals surface area contributed by atoms with Crippen LogP contribution in [0.5, 0.6) is 11.5 Å². The Morgan fingerprint density at radius 2 is 1.54 bits per heavy atom. The number of carbonyl (C=O) groups is 4. The predicted molar refractivity (Wildman–Crippen MR) is 246 cm³/mol. The third kappa shape index (κ3) is 10.2. The molecule has 7 rings (SSSR count). The van der Waals surface area contributed by atoms with Crippen molar-refractivity contribution >= 4 is 41.4 Å². The van der Waals surface area contributed by atoms with Crippen molar-refractivity contribution < 1.29 is 42.5 Å². The molecule has 14 nitrogen and oxygen atoms in total. The van der Waals surface area contributed by atoms with Crippen molar-refractivity contribution in [2.45, 2.75) is 76.1 Å². The number of anilines is 3. The van der Waals surface area contributed by atoms with Gasteiger partial charge >= 0.3 is 0 Å². The van der Waals surface area contributed by atoms with Crippen molar-refractivity contribution in [3.8, 4) is 11.5 Å².